The Morgan fingerprint density at radius 2 is 0.915 bits per heavy atom. The molecule has 2 unspecified atom stereocenters. The third-order valence-corrected chi connectivity index (χ3v) is 13.8. The van der Waals surface area contributed by atoms with Gasteiger partial charge in [0.2, 0.25) is 0 Å². The minimum absolute atomic E-state index is 0. The van der Waals surface area contributed by atoms with Crippen LogP contribution in [0.25, 0.3) is 0 Å². The topological polar surface area (TPSA) is 30.5 Å². The van der Waals surface area contributed by atoms with Crippen molar-refractivity contribution in [2.24, 2.45) is 0 Å². The number of para-hydroxylation sites is 2. The Morgan fingerprint density at radius 1 is 0.596 bits per heavy atom. The van der Waals surface area contributed by atoms with Gasteiger partial charge in [-0.2, -0.15) is 0 Å². The number of hydrogen-bond donors (Lipinski definition) is 2. The van der Waals surface area contributed by atoms with Crippen LogP contribution in [0.2, 0.25) is 6.25 Å². The van der Waals surface area contributed by atoms with Crippen LogP contribution in [0.5, 0.6) is 0 Å². The number of nitrogens with one attached hydrogen (secondary N) is 2. The van der Waals surface area contributed by atoms with E-state index in [1.54, 1.807) is 11.1 Å². The van der Waals surface area contributed by atoms with E-state index in [4.69, 9.17) is 0 Å². The van der Waals surface area contributed by atoms with Crippen LogP contribution in [0.1, 0.15) is 80.4 Å². The van der Waals surface area contributed by atoms with Gasteiger partial charge in [0, 0.05) is 0 Å². The van der Waals surface area contributed by atoms with E-state index in [0.717, 1.165) is 12.8 Å². The summed E-state index contributed by atoms with van der Waals surface area (Å²) in [4.78, 5) is 4.65. The monoisotopic (exact) mass is 754 g/mol. The largest absolute Gasteiger partial charge is 1.00 e. The van der Waals surface area contributed by atoms with Crippen LogP contribution >= 0.6 is 0 Å². The summed E-state index contributed by atoms with van der Waals surface area (Å²) in [6.07, 6.45) is 7.21. The second-order valence-corrected chi connectivity index (χ2v) is 21.7. The first-order valence-corrected chi connectivity index (χ1v) is 18.9. The van der Waals surface area contributed by atoms with Crippen molar-refractivity contribution < 1.29 is 48.0 Å². The first-order valence-electron chi connectivity index (χ1n) is 16.5. The number of nitrogens with zero attached hydrogens (tertiary/aromatic N) is 2. The molecule has 0 fully saturated rings. The van der Waals surface area contributed by atoms with Crippen molar-refractivity contribution in [3.63, 3.8) is 0 Å². The molecule has 0 aromatic heterocycles. The molecule has 7 heteroatoms. The number of halogens is 2. The summed E-state index contributed by atoms with van der Waals surface area (Å²) in [5.41, 5.74) is 14.1. The van der Waals surface area contributed by atoms with Crippen molar-refractivity contribution in [1.82, 2.24) is 9.80 Å². The van der Waals surface area contributed by atoms with Gasteiger partial charge in [-0.05, 0) is 0 Å². The Morgan fingerprint density at radius 3 is 1.21 bits per heavy atom. The first-order chi connectivity index (χ1) is 20.7. The molecule has 2 atom stereocenters. The molecule has 0 saturated carbocycles. The third kappa shape index (κ3) is 9.61. The van der Waals surface area contributed by atoms with Crippen LogP contribution in [0.3, 0.4) is 0 Å². The van der Waals surface area contributed by atoms with Crippen molar-refractivity contribution >= 4 is 11.4 Å². The summed E-state index contributed by atoms with van der Waals surface area (Å²) in [6.45, 7) is 23.3. The van der Waals surface area contributed by atoms with Crippen LogP contribution in [-0.2, 0) is 36.1 Å². The summed E-state index contributed by atoms with van der Waals surface area (Å²) < 4.78 is 0.118. The van der Waals surface area contributed by atoms with Crippen molar-refractivity contribution in [2.45, 2.75) is 99.4 Å². The molecule has 2 aliphatic carbocycles. The van der Waals surface area contributed by atoms with Crippen LogP contribution < -0.4 is 35.4 Å². The van der Waals surface area contributed by atoms with Crippen molar-refractivity contribution in [1.29, 1.82) is 0 Å². The second kappa shape index (κ2) is 15.3. The van der Waals surface area contributed by atoms with Gasteiger partial charge in [0.1, 0.15) is 0 Å². The maximum Gasteiger partial charge on any atom is -1.00 e. The van der Waals surface area contributed by atoms with Gasteiger partial charge in [0.15, 0.2) is 0 Å². The normalized spacial score (nSPS) is 21.0. The Hall–Kier alpha value is -1.94. The van der Waals surface area contributed by atoms with Gasteiger partial charge < -0.3 is 24.8 Å². The zero-order chi connectivity index (χ0) is 33.5. The molecule has 47 heavy (non-hydrogen) atoms. The summed E-state index contributed by atoms with van der Waals surface area (Å²) in [5, 5.41) is 7.59. The number of benzene rings is 2. The molecule has 2 aromatic rings. The molecule has 0 aliphatic heterocycles. The van der Waals surface area contributed by atoms with E-state index in [1.807, 2.05) is 0 Å². The minimum atomic E-state index is -1.21. The van der Waals surface area contributed by atoms with Crippen LogP contribution in [-0.4, -0.2) is 49.1 Å². The van der Waals surface area contributed by atoms with Crippen LogP contribution in [0.4, 0.5) is 11.4 Å². The zero-order valence-corrected chi connectivity index (χ0v) is 35.3. The summed E-state index contributed by atoms with van der Waals surface area (Å²) in [5.74, 6) is 0. The summed E-state index contributed by atoms with van der Waals surface area (Å²) in [6, 6.07) is 17.9. The summed E-state index contributed by atoms with van der Waals surface area (Å²) in [7, 11) is 8.81. The van der Waals surface area contributed by atoms with E-state index in [2.05, 4.69) is 179 Å². The fraction of sp³-hybridized carbons (Fsp3) is 0.500. The average molecular weight is 757 g/mol. The Bertz CT molecular complexity index is 1440. The predicted octanol–water partition coefficient (Wildman–Crippen LogP) is 3.89. The molecule has 4 rings (SSSR count). The molecular weight excluding hydrogens is 699 g/mol. The number of likely N-dealkylation sites (N-methyl/N-ethyl adjacent to an activating group) is 2. The van der Waals surface area contributed by atoms with Gasteiger partial charge in [0.05, 0.1) is 0 Å². The van der Waals surface area contributed by atoms with Gasteiger partial charge >= 0.3 is 288 Å². The molecule has 2 aromatic carbocycles. The van der Waals surface area contributed by atoms with E-state index in [9.17, 15) is 0 Å². The van der Waals surface area contributed by atoms with Gasteiger partial charge in [-0.15, -0.1) is 0 Å². The molecule has 0 radical (unpaired) electrons. The van der Waals surface area contributed by atoms with Gasteiger partial charge in [-0.3, -0.25) is 0 Å². The average Bonchev–Trinajstić information content (AvgIpc) is 3.29. The van der Waals surface area contributed by atoms with Crippen LogP contribution in [0, 0.1) is 0 Å². The standard InChI is InChI=1S/2C20H29N2.2ClH.Zr/c2*1-14-12-19(22(6)7)15(2)17(14)13-16-10-8-9-11-18(16)21-20(3,4)5;;;/h2*8-12,21H,13H2,1-7H3;2*1H;/q;;;;+2/p-2. The molecule has 0 saturated heterocycles. The number of allylic oxidation sites excluding steroid dienone is 6. The minimum Gasteiger partial charge on any atom is -1.00 e. The molecule has 2 N–H and O–H groups in total. The molecule has 256 valence electrons. The Balaban J connectivity index is 0.00000384. The van der Waals surface area contributed by atoms with E-state index in [1.165, 1.54) is 45.0 Å². The molecule has 0 amide bonds. The number of hydrogen-bond acceptors (Lipinski definition) is 4. The first kappa shape index (κ1) is 41.2. The number of rotatable bonds is 10. The number of anilines is 2. The third-order valence-electron chi connectivity index (χ3n) is 9.05. The SMILES string of the molecule is CC1=C(Cc2ccccc2NC(C)(C)C)[C](C)([Zr+2][C]2(C)C=C(N(C)C)C(C)=C2Cc2ccccc2NC(C)(C)C)C=C1N(C)C.[Cl-].[Cl-]. The molecular formula is C40H58Cl2N4Zr. The second-order valence-electron chi connectivity index (χ2n) is 16.0. The quantitative estimate of drug-likeness (QED) is 0.386. The van der Waals surface area contributed by atoms with Crippen molar-refractivity contribution in [3.05, 3.63) is 105 Å². The van der Waals surface area contributed by atoms with Gasteiger partial charge in [0.25, 0.3) is 0 Å². The summed E-state index contributed by atoms with van der Waals surface area (Å²) >= 11 is -1.21. The van der Waals surface area contributed by atoms with Crippen molar-refractivity contribution in [3.8, 4) is 0 Å². The molecule has 0 heterocycles. The molecule has 0 spiro atoms. The van der Waals surface area contributed by atoms with Gasteiger partial charge in [-0.1, -0.05) is 0 Å². The molecule has 0 bridgehead atoms. The Kier molecular flexibility index (Phi) is 13.4. The van der Waals surface area contributed by atoms with E-state index < -0.39 is 23.2 Å². The fourth-order valence-corrected chi connectivity index (χ4v) is 12.9. The van der Waals surface area contributed by atoms with E-state index >= 15 is 0 Å². The molecule has 4 nitrogen and oxygen atoms in total. The smallest absolute Gasteiger partial charge is 1.00 e. The Labute approximate surface area is 311 Å². The van der Waals surface area contributed by atoms with Crippen molar-refractivity contribution in [2.75, 3.05) is 38.8 Å². The van der Waals surface area contributed by atoms with Crippen LogP contribution in [0.15, 0.2) is 94.4 Å². The van der Waals surface area contributed by atoms with E-state index in [-0.39, 0.29) is 42.1 Å². The maximum absolute atomic E-state index is 3.80. The predicted molar refractivity (Wildman–Crippen MR) is 193 cm³/mol. The van der Waals surface area contributed by atoms with Gasteiger partial charge in [-0.25, -0.2) is 0 Å². The fourth-order valence-electron chi connectivity index (χ4n) is 7.13. The van der Waals surface area contributed by atoms with E-state index in [0.29, 0.717) is 0 Å². The molecule has 2 aliphatic rings. The maximum atomic E-state index is 3.80. The zero-order valence-electron chi connectivity index (χ0n) is 31.3.